The number of carbonyl (C=O) groups is 1. The lowest BCUT2D eigenvalue weighted by Gasteiger charge is -2.24. The maximum Gasteiger partial charge on any atom is 0.242 e. The lowest BCUT2D eigenvalue weighted by atomic mass is 10.2. The van der Waals surface area contributed by atoms with Crippen LogP contribution >= 0.6 is 0 Å². The van der Waals surface area contributed by atoms with Crippen molar-refractivity contribution < 1.29 is 18.3 Å². The second kappa shape index (κ2) is 9.47. The Kier molecular flexibility index (Phi) is 6.77. The smallest absolute Gasteiger partial charge is 0.242 e. The molecule has 8 heteroatoms. The highest BCUT2D eigenvalue weighted by molar-refractivity contribution is 7.85. The van der Waals surface area contributed by atoms with Crippen molar-refractivity contribution in [2.45, 2.75) is 24.9 Å². The molecular weight excluding hydrogens is 390 g/mol. The quantitative estimate of drug-likeness (QED) is 0.562. The van der Waals surface area contributed by atoms with Gasteiger partial charge in [-0.3, -0.25) is 9.00 Å². The molecule has 0 aliphatic rings. The highest BCUT2D eigenvalue weighted by Crippen LogP contribution is 2.27. The number of hydrogen-bond acceptors (Lipinski definition) is 6. The van der Waals surface area contributed by atoms with Crippen LogP contribution in [0, 0.1) is 0 Å². The van der Waals surface area contributed by atoms with Gasteiger partial charge in [-0.1, -0.05) is 35.5 Å². The molecule has 29 heavy (non-hydrogen) atoms. The summed E-state index contributed by atoms with van der Waals surface area (Å²) in [7, 11) is 0.0532. The summed E-state index contributed by atoms with van der Waals surface area (Å²) in [6, 6.07) is 16.6. The number of benzene rings is 2. The fourth-order valence-corrected chi connectivity index (χ4v) is 3.87. The lowest BCUT2D eigenvalue weighted by Crippen LogP contribution is -2.40. The Labute approximate surface area is 172 Å². The van der Waals surface area contributed by atoms with Crippen molar-refractivity contribution in [1.29, 1.82) is 0 Å². The molecule has 152 valence electrons. The zero-order valence-corrected chi connectivity index (χ0v) is 17.4. The molecule has 2 atom stereocenters. The molecule has 7 nitrogen and oxygen atoms in total. The summed E-state index contributed by atoms with van der Waals surface area (Å²) in [4.78, 5) is 18.8. The van der Waals surface area contributed by atoms with Gasteiger partial charge in [-0.05, 0) is 38.1 Å². The molecule has 0 fully saturated rings. The highest BCUT2D eigenvalue weighted by Gasteiger charge is 2.27. The Balaban J connectivity index is 1.71. The Hall–Kier alpha value is -3.00. The van der Waals surface area contributed by atoms with Gasteiger partial charge in [-0.15, -0.1) is 0 Å². The van der Waals surface area contributed by atoms with Crippen LogP contribution < -0.4 is 9.64 Å². The molecule has 2 unspecified atom stereocenters. The second-order valence-corrected chi connectivity index (χ2v) is 8.05. The van der Waals surface area contributed by atoms with Gasteiger partial charge in [0.15, 0.2) is 0 Å². The predicted octanol–water partition coefficient (Wildman–Crippen LogP) is 3.44. The fraction of sp³-hybridized carbons (Fsp3) is 0.286. The van der Waals surface area contributed by atoms with E-state index in [2.05, 4.69) is 10.1 Å². The molecule has 0 radical (unpaired) electrons. The van der Waals surface area contributed by atoms with Crippen molar-refractivity contribution in [2.75, 3.05) is 18.6 Å². The molecule has 0 saturated carbocycles. The molecule has 0 N–H and O–H groups in total. The van der Waals surface area contributed by atoms with E-state index in [4.69, 9.17) is 9.26 Å². The fourth-order valence-electron chi connectivity index (χ4n) is 2.90. The molecule has 0 aliphatic heterocycles. The molecule has 3 aromatic rings. The standard InChI is InChI=1S/C21H23N3O4S/c1-4-24(16-10-6-5-7-11-16)21(25)15(2)29(26)14-19-22-20(23-28-19)17-12-8-9-13-18(17)27-3/h5-13,15H,4,14H2,1-3H3. The number of aromatic nitrogens is 2. The van der Waals surface area contributed by atoms with E-state index in [9.17, 15) is 9.00 Å². The molecule has 1 aromatic heterocycles. The van der Waals surface area contributed by atoms with Crippen LogP contribution in [0.5, 0.6) is 5.75 Å². The number of rotatable bonds is 8. The number of anilines is 1. The minimum Gasteiger partial charge on any atom is -0.496 e. The van der Waals surface area contributed by atoms with Crippen LogP contribution in [0.3, 0.4) is 0 Å². The van der Waals surface area contributed by atoms with Gasteiger partial charge in [0, 0.05) is 23.0 Å². The van der Waals surface area contributed by atoms with Gasteiger partial charge >= 0.3 is 0 Å². The Morgan fingerprint density at radius 2 is 1.86 bits per heavy atom. The summed E-state index contributed by atoms with van der Waals surface area (Å²) >= 11 is 0. The number of nitrogens with zero attached hydrogens (tertiary/aromatic N) is 3. The monoisotopic (exact) mass is 413 g/mol. The first-order valence-corrected chi connectivity index (χ1v) is 10.6. The zero-order chi connectivity index (χ0) is 20.8. The first-order chi connectivity index (χ1) is 14.0. The topological polar surface area (TPSA) is 85.5 Å². The molecular formula is C21H23N3O4S. The van der Waals surface area contributed by atoms with Crippen molar-refractivity contribution in [3.8, 4) is 17.1 Å². The average molecular weight is 413 g/mol. The first kappa shape index (κ1) is 20.7. The van der Waals surface area contributed by atoms with Gasteiger partial charge in [-0.25, -0.2) is 0 Å². The minimum absolute atomic E-state index is 0.00139. The number of amides is 1. The van der Waals surface area contributed by atoms with E-state index in [0.717, 1.165) is 5.69 Å². The van der Waals surface area contributed by atoms with E-state index in [1.54, 1.807) is 25.0 Å². The van der Waals surface area contributed by atoms with Crippen molar-refractivity contribution in [1.82, 2.24) is 10.1 Å². The van der Waals surface area contributed by atoms with Crippen molar-refractivity contribution in [2.24, 2.45) is 0 Å². The third-order valence-electron chi connectivity index (χ3n) is 4.47. The molecule has 1 amide bonds. The summed E-state index contributed by atoms with van der Waals surface area (Å²) in [6.45, 7) is 4.03. The maximum absolute atomic E-state index is 12.9. The molecule has 0 aliphatic carbocycles. The molecule has 0 bridgehead atoms. The number of methoxy groups -OCH3 is 1. The van der Waals surface area contributed by atoms with Gasteiger partial charge in [0.05, 0.1) is 12.7 Å². The Bertz CT molecular complexity index is 990. The minimum atomic E-state index is -1.51. The largest absolute Gasteiger partial charge is 0.496 e. The van der Waals surface area contributed by atoms with Gasteiger partial charge in [0.1, 0.15) is 16.8 Å². The summed E-state index contributed by atoms with van der Waals surface area (Å²) in [5.74, 6) is 0.980. The third kappa shape index (κ3) is 4.71. The molecule has 0 saturated heterocycles. The molecule has 1 heterocycles. The van der Waals surface area contributed by atoms with Gasteiger partial charge in [0.25, 0.3) is 0 Å². The van der Waals surface area contributed by atoms with Crippen molar-refractivity contribution in [3.63, 3.8) is 0 Å². The third-order valence-corrected chi connectivity index (χ3v) is 6.00. The number of para-hydroxylation sites is 2. The van der Waals surface area contributed by atoms with Gasteiger partial charge in [-0.2, -0.15) is 4.98 Å². The molecule has 3 rings (SSSR count). The van der Waals surface area contributed by atoms with E-state index >= 15 is 0 Å². The number of ether oxygens (including phenoxy) is 1. The SMILES string of the molecule is CCN(C(=O)C(C)S(=O)Cc1nc(-c2ccccc2OC)no1)c1ccccc1. The predicted molar refractivity (Wildman–Crippen MR) is 112 cm³/mol. The van der Waals surface area contributed by atoms with Crippen molar-refractivity contribution in [3.05, 3.63) is 60.5 Å². The van der Waals surface area contributed by atoms with Crippen LogP contribution in [0.25, 0.3) is 11.4 Å². The van der Waals surface area contributed by atoms with E-state index in [0.29, 0.717) is 23.7 Å². The van der Waals surface area contributed by atoms with Crippen LogP contribution in [0.4, 0.5) is 5.69 Å². The van der Waals surface area contributed by atoms with Gasteiger partial charge in [0.2, 0.25) is 17.6 Å². The Morgan fingerprint density at radius 1 is 1.17 bits per heavy atom. The summed E-state index contributed by atoms with van der Waals surface area (Å²) < 4.78 is 23.4. The van der Waals surface area contributed by atoms with Crippen LogP contribution in [0.15, 0.2) is 59.1 Å². The Morgan fingerprint density at radius 3 is 2.55 bits per heavy atom. The maximum atomic E-state index is 12.9. The average Bonchev–Trinajstić information content (AvgIpc) is 3.22. The number of carbonyl (C=O) groups excluding carboxylic acids is 1. The summed E-state index contributed by atoms with van der Waals surface area (Å²) in [5, 5.41) is 3.24. The molecule has 0 spiro atoms. The van der Waals surface area contributed by atoms with Gasteiger partial charge < -0.3 is 14.2 Å². The van der Waals surface area contributed by atoms with Crippen LogP contribution in [-0.4, -0.2) is 39.2 Å². The normalized spacial score (nSPS) is 12.9. The van der Waals surface area contributed by atoms with Crippen LogP contribution in [-0.2, 0) is 21.3 Å². The zero-order valence-electron chi connectivity index (χ0n) is 16.6. The van der Waals surface area contributed by atoms with E-state index < -0.39 is 16.0 Å². The molecule has 2 aromatic carbocycles. The van der Waals surface area contributed by atoms with E-state index in [1.807, 2.05) is 55.5 Å². The van der Waals surface area contributed by atoms with E-state index in [1.165, 1.54) is 0 Å². The highest BCUT2D eigenvalue weighted by atomic mass is 32.2. The second-order valence-electron chi connectivity index (χ2n) is 6.30. The first-order valence-electron chi connectivity index (χ1n) is 9.24. The van der Waals surface area contributed by atoms with Crippen LogP contribution in [0.1, 0.15) is 19.7 Å². The number of hydrogen-bond donors (Lipinski definition) is 0. The summed E-state index contributed by atoms with van der Waals surface area (Å²) in [6.07, 6.45) is 0. The van der Waals surface area contributed by atoms with Crippen molar-refractivity contribution >= 4 is 22.4 Å². The summed E-state index contributed by atoms with van der Waals surface area (Å²) in [5.41, 5.74) is 1.46. The lowest BCUT2D eigenvalue weighted by molar-refractivity contribution is -0.117. The van der Waals surface area contributed by atoms with E-state index in [-0.39, 0.29) is 17.6 Å². The van der Waals surface area contributed by atoms with Crippen LogP contribution in [0.2, 0.25) is 0 Å².